The van der Waals surface area contributed by atoms with Crippen LogP contribution in [0, 0.1) is 15.5 Å². The number of carboxylic acids is 1. The van der Waals surface area contributed by atoms with Gasteiger partial charge in [-0.1, -0.05) is 20.8 Å². The van der Waals surface area contributed by atoms with E-state index >= 15 is 0 Å². The maximum absolute atomic E-state index is 11.5. The van der Waals surface area contributed by atoms with Gasteiger partial charge in [0.1, 0.15) is 6.10 Å². The summed E-state index contributed by atoms with van der Waals surface area (Å²) in [6, 6.07) is 5.59. The number of ether oxygens (including phenoxy) is 1. The van der Waals surface area contributed by atoms with E-state index < -0.39 is 34.8 Å². The van der Waals surface area contributed by atoms with Crippen molar-refractivity contribution < 1.29 is 24.4 Å². The molecule has 0 saturated heterocycles. The molecular formula is C14H16NO6-. The first-order valence-corrected chi connectivity index (χ1v) is 6.25. The van der Waals surface area contributed by atoms with Crippen LogP contribution in [0.15, 0.2) is 24.3 Å². The third-order valence-electron chi connectivity index (χ3n) is 2.73. The van der Waals surface area contributed by atoms with Crippen LogP contribution < -0.4 is 5.11 Å². The monoisotopic (exact) mass is 294 g/mol. The van der Waals surface area contributed by atoms with Gasteiger partial charge in [0, 0.05) is 17.5 Å². The normalized spacial score (nSPS) is 12.5. The van der Waals surface area contributed by atoms with E-state index in [0.717, 1.165) is 0 Å². The number of nitrogens with zero attached hydrogens (tertiary/aromatic N) is 1. The van der Waals surface area contributed by atoms with Gasteiger partial charge in [-0.2, -0.15) is 0 Å². The Morgan fingerprint density at radius 2 is 1.76 bits per heavy atom. The fraction of sp³-hybridized carbons (Fsp3) is 0.429. The number of rotatable bonds is 5. The van der Waals surface area contributed by atoms with Crippen LogP contribution in [0.5, 0.6) is 0 Å². The highest BCUT2D eigenvalue weighted by atomic mass is 16.6. The lowest BCUT2D eigenvalue weighted by atomic mass is 9.84. The molecule has 0 spiro atoms. The smallest absolute Gasteiger partial charge is 0.312 e. The SMILES string of the molecule is CC(C)(C)C(OC(=O)CC(=O)[O-])c1ccc([N+](=O)[O-])cc1. The standard InChI is InChI=1S/C14H17NO6/c1-14(2,3)13(21-12(18)8-11(16)17)9-4-6-10(7-5-9)15(19)20/h4-7,13H,8H2,1-3H3,(H,16,17)/p-1. The molecule has 1 rings (SSSR count). The van der Waals surface area contributed by atoms with Gasteiger partial charge >= 0.3 is 5.97 Å². The zero-order chi connectivity index (χ0) is 16.2. The molecule has 0 aliphatic carbocycles. The van der Waals surface area contributed by atoms with Crippen molar-refractivity contribution in [2.45, 2.75) is 33.3 Å². The summed E-state index contributed by atoms with van der Waals surface area (Å²) in [5.74, 6) is -2.43. The van der Waals surface area contributed by atoms with Crippen LogP contribution in [0.3, 0.4) is 0 Å². The molecule has 7 nitrogen and oxygen atoms in total. The van der Waals surface area contributed by atoms with Crippen LogP contribution in [0.25, 0.3) is 0 Å². The maximum atomic E-state index is 11.5. The fourth-order valence-electron chi connectivity index (χ4n) is 1.81. The number of non-ortho nitro benzene ring substituents is 1. The summed E-state index contributed by atoms with van der Waals surface area (Å²) in [5, 5.41) is 21.0. The van der Waals surface area contributed by atoms with Gasteiger partial charge in [-0.15, -0.1) is 0 Å². The predicted molar refractivity (Wildman–Crippen MR) is 71.0 cm³/mol. The number of carbonyl (C=O) groups is 2. The Kier molecular flexibility index (Phi) is 5.02. The van der Waals surface area contributed by atoms with E-state index in [1.54, 1.807) is 0 Å². The minimum Gasteiger partial charge on any atom is -0.550 e. The topological polar surface area (TPSA) is 110 Å². The summed E-state index contributed by atoms with van der Waals surface area (Å²) < 4.78 is 5.18. The summed E-state index contributed by atoms with van der Waals surface area (Å²) >= 11 is 0. The lowest BCUT2D eigenvalue weighted by molar-refractivity contribution is -0.384. The molecule has 0 saturated carbocycles. The average molecular weight is 294 g/mol. The van der Waals surface area contributed by atoms with E-state index in [9.17, 15) is 24.8 Å². The molecule has 7 heteroatoms. The van der Waals surface area contributed by atoms with Crippen molar-refractivity contribution in [3.63, 3.8) is 0 Å². The number of aliphatic carboxylic acids is 1. The van der Waals surface area contributed by atoms with E-state index in [1.807, 2.05) is 20.8 Å². The molecular weight excluding hydrogens is 278 g/mol. The first-order valence-electron chi connectivity index (χ1n) is 6.25. The van der Waals surface area contributed by atoms with Crippen LogP contribution >= 0.6 is 0 Å². The van der Waals surface area contributed by atoms with E-state index in [0.29, 0.717) is 5.56 Å². The highest BCUT2D eigenvalue weighted by Crippen LogP contribution is 2.36. The Bertz CT molecular complexity index is 544. The molecule has 1 unspecified atom stereocenters. The van der Waals surface area contributed by atoms with Crippen molar-refractivity contribution in [1.29, 1.82) is 0 Å². The van der Waals surface area contributed by atoms with E-state index in [-0.39, 0.29) is 5.69 Å². The Morgan fingerprint density at radius 1 is 1.24 bits per heavy atom. The molecule has 114 valence electrons. The number of hydrogen-bond acceptors (Lipinski definition) is 6. The zero-order valence-electron chi connectivity index (χ0n) is 12.0. The third kappa shape index (κ3) is 4.87. The Morgan fingerprint density at radius 3 is 2.14 bits per heavy atom. The van der Waals surface area contributed by atoms with Crippen molar-refractivity contribution in [1.82, 2.24) is 0 Å². The lowest BCUT2D eigenvalue weighted by Gasteiger charge is -2.30. The number of carboxylic acid groups (broad SMARTS) is 1. The Hall–Kier alpha value is -2.44. The van der Waals surface area contributed by atoms with Crippen LogP contribution in [-0.2, 0) is 14.3 Å². The number of benzene rings is 1. The highest BCUT2D eigenvalue weighted by molar-refractivity contribution is 5.89. The van der Waals surface area contributed by atoms with E-state index in [2.05, 4.69) is 0 Å². The van der Waals surface area contributed by atoms with Gasteiger partial charge in [0.25, 0.3) is 5.69 Å². The molecule has 0 aliphatic heterocycles. The zero-order valence-corrected chi connectivity index (χ0v) is 12.0. The predicted octanol–water partition coefficient (Wildman–Crippen LogP) is 1.37. The number of carbonyl (C=O) groups excluding carboxylic acids is 2. The summed E-state index contributed by atoms with van der Waals surface area (Å²) in [5.41, 5.74) is -0.0233. The third-order valence-corrected chi connectivity index (χ3v) is 2.73. The Balaban J connectivity index is 3.00. The van der Waals surface area contributed by atoms with Crippen LogP contribution in [0.2, 0.25) is 0 Å². The van der Waals surface area contributed by atoms with E-state index in [1.165, 1.54) is 24.3 Å². The van der Waals surface area contributed by atoms with Gasteiger partial charge in [-0.3, -0.25) is 14.9 Å². The summed E-state index contributed by atoms with van der Waals surface area (Å²) in [7, 11) is 0. The molecule has 0 amide bonds. The number of nitro groups is 1. The van der Waals surface area contributed by atoms with Crippen molar-refractivity contribution in [3.8, 4) is 0 Å². The molecule has 1 atom stereocenters. The first kappa shape index (κ1) is 16.6. The number of esters is 1. The molecule has 1 aromatic carbocycles. The summed E-state index contributed by atoms with van der Waals surface area (Å²) in [6.07, 6.45) is -1.55. The number of hydrogen-bond donors (Lipinski definition) is 0. The summed E-state index contributed by atoms with van der Waals surface area (Å²) in [6.45, 7) is 5.43. The van der Waals surface area contributed by atoms with Gasteiger partial charge < -0.3 is 14.6 Å². The van der Waals surface area contributed by atoms with Crippen LogP contribution in [0.1, 0.15) is 38.9 Å². The molecule has 0 aliphatic rings. The Labute approximate surface area is 121 Å². The second kappa shape index (κ2) is 6.34. The van der Waals surface area contributed by atoms with Crippen molar-refractivity contribution in [2.24, 2.45) is 5.41 Å². The van der Waals surface area contributed by atoms with Gasteiger partial charge in [-0.25, -0.2) is 0 Å². The maximum Gasteiger partial charge on any atom is 0.312 e. The molecule has 21 heavy (non-hydrogen) atoms. The number of nitro benzene ring substituents is 1. The van der Waals surface area contributed by atoms with Gasteiger partial charge in [0.15, 0.2) is 0 Å². The lowest BCUT2D eigenvalue weighted by Crippen LogP contribution is -2.29. The fourth-order valence-corrected chi connectivity index (χ4v) is 1.81. The van der Waals surface area contributed by atoms with Gasteiger partial charge in [0.2, 0.25) is 0 Å². The average Bonchev–Trinajstić information content (AvgIpc) is 2.34. The van der Waals surface area contributed by atoms with Crippen LogP contribution in [0.4, 0.5) is 5.69 Å². The second-order valence-electron chi connectivity index (χ2n) is 5.63. The van der Waals surface area contributed by atoms with E-state index in [4.69, 9.17) is 4.74 Å². The minimum absolute atomic E-state index is 0.0764. The first-order chi connectivity index (χ1) is 9.61. The molecule has 0 fully saturated rings. The molecule has 0 radical (unpaired) electrons. The molecule has 0 bridgehead atoms. The minimum atomic E-state index is -1.52. The van der Waals surface area contributed by atoms with Crippen molar-refractivity contribution >= 4 is 17.6 Å². The molecule has 0 heterocycles. The van der Waals surface area contributed by atoms with Gasteiger partial charge in [0.05, 0.1) is 17.3 Å². The van der Waals surface area contributed by atoms with Crippen LogP contribution in [-0.4, -0.2) is 16.9 Å². The highest BCUT2D eigenvalue weighted by Gasteiger charge is 2.30. The van der Waals surface area contributed by atoms with Gasteiger partial charge in [-0.05, 0) is 17.7 Å². The molecule has 0 N–H and O–H groups in total. The summed E-state index contributed by atoms with van der Waals surface area (Å²) in [4.78, 5) is 32.0. The molecule has 0 aromatic heterocycles. The largest absolute Gasteiger partial charge is 0.550 e. The quantitative estimate of drug-likeness (QED) is 0.351. The van der Waals surface area contributed by atoms with Crippen molar-refractivity contribution in [2.75, 3.05) is 0 Å². The molecule has 1 aromatic rings. The second-order valence-corrected chi connectivity index (χ2v) is 5.63. The van der Waals surface area contributed by atoms with Crippen molar-refractivity contribution in [3.05, 3.63) is 39.9 Å².